The molecule has 2 atom stereocenters. The molecule has 0 heterocycles. The lowest BCUT2D eigenvalue weighted by molar-refractivity contribution is 0.593. The monoisotopic (exact) mass is 252 g/mol. The fourth-order valence-electron chi connectivity index (χ4n) is 3.39. The van der Waals surface area contributed by atoms with Gasteiger partial charge in [-0.05, 0) is 28.7 Å². The Bertz CT molecular complexity index is 640. The van der Waals surface area contributed by atoms with Crippen molar-refractivity contribution < 1.29 is 0 Å². The number of fused-ring (bicyclic) bond motifs is 3. The summed E-state index contributed by atoms with van der Waals surface area (Å²) in [5.41, 5.74) is 5.55. The molecule has 4 rings (SSSR count). The van der Waals surface area contributed by atoms with Crippen LogP contribution in [0.5, 0.6) is 0 Å². The topological polar surface area (TPSA) is 0 Å². The van der Waals surface area contributed by atoms with Crippen molar-refractivity contribution in [2.75, 3.05) is 0 Å². The quantitative estimate of drug-likeness (QED) is 0.696. The highest BCUT2D eigenvalue weighted by Crippen LogP contribution is 2.59. The summed E-state index contributed by atoms with van der Waals surface area (Å²) >= 11 is 6.56. The molecule has 0 amide bonds. The zero-order valence-corrected chi connectivity index (χ0v) is 10.7. The molecule has 18 heavy (non-hydrogen) atoms. The van der Waals surface area contributed by atoms with Gasteiger partial charge >= 0.3 is 0 Å². The van der Waals surface area contributed by atoms with Crippen molar-refractivity contribution in [1.82, 2.24) is 0 Å². The van der Waals surface area contributed by atoms with Crippen LogP contribution in [0, 0.1) is 5.92 Å². The molecule has 0 N–H and O–H groups in total. The first-order valence-electron chi connectivity index (χ1n) is 6.39. The third-order valence-corrected chi connectivity index (χ3v) is 4.66. The van der Waals surface area contributed by atoms with Crippen LogP contribution in [0.1, 0.15) is 22.6 Å². The summed E-state index contributed by atoms with van der Waals surface area (Å²) in [6, 6.07) is 19.3. The van der Waals surface area contributed by atoms with E-state index in [1.54, 1.807) is 0 Å². The molecular formula is C17H13Cl. The summed E-state index contributed by atoms with van der Waals surface area (Å²) in [6.07, 6.45) is 1.14. The number of hydrogen-bond donors (Lipinski definition) is 0. The molecule has 0 radical (unpaired) electrons. The van der Waals surface area contributed by atoms with Gasteiger partial charge in [0.1, 0.15) is 0 Å². The predicted octanol–water partition coefficient (Wildman–Crippen LogP) is 4.61. The average molecular weight is 253 g/mol. The highest BCUT2D eigenvalue weighted by atomic mass is 35.5. The lowest BCUT2D eigenvalue weighted by atomic mass is 9.72. The Labute approximate surface area is 112 Å². The van der Waals surface area contributed by atoms with E-state index in [4.69, 9.17) is 11.6 Å². The highest BCUT2D eigenvalue weighted by molar-refractivity contribution is 6.35. The van der Waals surface area contributed by atoms with Crippen molar-refractivity contribution in [2.24, 2.45) is 5.92 Å². The fraction of sp³-hybridized carbons (Fsp3) is 0.176. The van der Waals surface area contributed by atoms with Gasteiger partial charge in [-0.1, -0.05) is 66.2 Å². The number of benzene rings is 2. The minimum absolute atomic E-state index is 0.457. The maximum atomic E-state index is 6.56. The maximum absolute atomic E-state index is 6.56. The molecule has 88 valence electrons. The second-order valence-electron chi connectivity index (χ2n) is 5.11. The molecule has 2 aliphatic carbocycles. The fourth-order valence-corrected chi connectivity index (χ4v) is 3.91. The van der Waals surface area contributed by atoms with Crippen LogP contribution < -0.4 is 0 Å². The highest BCUT2D eigenvalue weighted by Gasteiger charge is 2.45. The smallest absolute Gasteiger partial charge is 0.0303 e. The molecule has 0 nitrogen and oxygen atoms in total. The second-order valence-corrected chi connectivity index (χ2v) is 5.52. The van der Waals surface area contributed by atoms with Gasteiger partial charge in [-0.15, -0.1) is 0 Å². The zero-order valence-electron chi connectivity index (χ0n) is 9.94. The summed E-state index contributed by atoms with van der Waals surface area (Å²) in [5.74, 6) is 1.05. The van der Waals surface area contributed by atoms with Crippen LogP contribution in [0.3, 0.4) is 0 Å². The van der Waals surface area contributed by atoms with Gasteiger partial charge in [0.25, 0.3) is 0 Å². The van der Waals surface area contributed by atoms with Crippen molar-refractivity contribution in [3.63, 3.8) is 0 Å². The maximum Gasteiger partial charge on any atom is 0.0303 e. The molecule has 2 aromatic rings. The van der Waals surface area contributed by atoms with E-state index >= 15 is 0 Å². The first-order chi connectivity index (χ1) is 8.86. The van der Waals surface area contributed by atoms with Crippen LogP contribution >= 0.6 is 11.6 Å². The number of rotatable bonds is 1. The average Bonchev–Trinajstić information content (AvgIpc) is 2.74. The Kier molecular flexibility index (Phi) is 2.15. The molecule has 2 aromatic carbocycles. The van der Waals surface area contributed by atoms with Crippen molar-refractivity contribution in [2.45, 2.75) is 12.3 Å². The Morgan fingerprint density at radius 1 is 0.889 bits per heavy atom. The first kappa shape index (κ1) is 10.4. The second kappa shape index (κ2) is 3.73. The van der Waals surface area contributed by atoms with Crippen LogP contribution in [-0.2, 0) is 6.42 Å². The molecule has 0 saturated heterocycles. The van der Waals surface area contributed by atoms with Gasteiger partial charge in [-0.2, -0.15) is 0 Å². The molecule has 0 fully saturated rings. The van der Waals surface area contributed by atoms with Crippen LogP contribution in [-0.4, -0.2) is 0 Å². The summed E-state index contributed by atoms with van der Waals surface area (Å²) in [7, 11) is 0. The lowest BCUT2D eigenvalue weighted by Gasteiger charge is -2.35. The summed E-state index contributed by atoms with van der Waals surface area (Å²) in [5, 5.41) is 1.05. The third kappa shape index (κ3) is 1.27. The Morgan fingerprint density at radius 2 is 1.61 bits per heavy atom. The first-order valence-corrected chi connectivity index (χ1v) is 6.77. The molecule has 0 saturated carbocycles. The van der Waals surface area contributed by atoms with Crippen LogP contribution in [0.2, 0.25) is 0 Å². The van der Waals surface area contributed by atoms with Gasteiger partial charge in [0.15, 0.2) is 0 Å². The molecule has 2 aliphatic rings. The number of halogens is 1. The summed E-state index contributed by atoms with van der Waals surface area (Å²) < 4.78 is 0. The summed E-state index contributed by atoms with van der Waals surface area (Å²) in [4.78, 5) is 0. The van der Waals surface area contributed by atoms with Crippen LogP contribution in [0.4, 0.5) is 0 Å². The minimum Gasteiger partial charge on any atom is -0.0881 e. The van der Waals surface area contributed by atoms with E-state index in [2.05, 4.69) is 54.6 Å². The van der Waals surface area contributed by atoms with E-state index in [0.717, 1.165) is 11.5 Å². The Hall–Kier alpha value is -1.53. The van der Waals surface area contributed by atoms with Crippen molar-refractivity contribution in [1.29, 1.82) is 0 Å². The zero-order chi connectivity index (χ0) is 12.1. The van der Waals surface area contributed by atoms with E-state index in [9.17, 15) is 0 Å². The molecular weight excluding hydrogens is 240 g/mol. The van der Waals surface area contributed by atoms with E-state index in [1.165, 1.54) is 22.3 Å². The third-order valence-electron chi connectivity index (χ3n) is 4.22. The van der Waals surface area contributed by atoms with Gasteiger partial charge < -0.3 is 0 Å². The van der Waals surface area contributed by atoms with Gasteiger partial charge in [-0.25, -0.2) is 0 Å². The van der Waals surface area contributed by atoms with Gasteiger partial charge in [0.2, 0.25) is 0 Å². The van der Waals surface area contributed by atoms with Crippen molar-refractivity contribution >= 4 is 17.2 Å². The molecule has 0 aliphatic heterocycles. The van der Waals surface area contributed by atoms with Crippen LogP contribution in [0.25, 0.3) is 5.57 Å². The van der Waals surface area contributed by atoms with Gasteiger partial charge in [0, 0.05) is 16.9 Å². The predicted molar refractivity (Wildman–Crippen MR) is 75.6 cm³/mol. The molecule has 1 heteroatoms. The molecule has 0 bridgehead atoms. The lowest BCUT2D eigenvalue weighted by Crippen LogP contribution is -2.22. The molecule has 2 unspecified atom stereocenters. The van der Waals surface area contributed by atoms with Crippen LogP contribution in [0.15, 0.2) is 59.6 Å². The van der Waals surface area contributed by atoms with Gasteiger partial charge in [0.05, 0.1) is 0 Å². The Balaban J connectivity index is 1.80. The largest absolute Gasteiger partial charge is 0.0881 e. The standard InChI is InChI=1S/C17H13Cl/c18-17-15(11-6-2-1-3-7-11)14-10-12-8-4-5-9-13(12)16(14)17/h1-9,14,16H,10H2. The van der Waals surface area contributed by atoms with E-state index in [1.807, 2.05) is 0 Å². The SMILES string of the molecule is ClC1=C(c2ccccc2)C2Cc3ccccc3C12. The molecule has 0 spiro atoms. The Morgan fingerprint density at radius 3 is 2.44 bits per heavy atom. The normalized spacial score (nSPS) is 24.5. The summed E-state index contributed by atoms with van der Waals surface area (Å²) in [6.45, 7) is 0. The number of allylic oxidation sites excluding steroid dienone is 2. The molecule has 0 aromatic heterocycles. The van der Waals surface area contributed by atoms with E-state index < -0.39 is 0 Å². The van der Waals surface area contributed by atoms with E-state index in [0.29, 0.717) is 11.8 Å². The van der Waals surface area contributed by atoms with Crippen molar-refractivity contribution in [3.05, 3.63) is 76.3 Å². The van der Waals surface area contributed by atoms with Crippen molar-refractivity contribution in [3.8, 4) is 0 Å². The van der Waals surface area contributed by atoms with Gasteiger partial charge in [-0.3, -0.25) is 0 Å². The van der Waals surface area contributed by atoms with E-state index in [-0.39, 0.29) is 0 Å². The minimum atomic E-state index is 0.457. The number of hydrogen-bond acceptors (Lipinski definition) is 0.